The maximum Gasteiger partial charge on any atom is 0.126 e. The van der Waals surface area contributed by atoms with Crippen molar-refractivity contribution < 1.29 is 0 Å². The monoisotopic (exact) mass is 269 g/mol. The van der Waals surface area contributed by atoms with Crippen LogP contribution in [0, 0.1) is 5.92 Å². The van der Waals surface area contributed by atoms with Gasteiger partial charge in [0.1, 0.15) is 5.82 Å². The Labute approximate surface area is 121 Å². The van der Waals surface area contributed by atoms with Crippen LogP contribution in [0.1, 0.15) is 27.2 Å². The van der Waals surface area contributed by atoms with Crippen molar-refractivity contribution in [1.29, 1.82) is 0 Å². The van der Waals surface area contributed by atoms with E-state index in [2.05, 4.69) is 36.4 Å². The summed E-state index contributed by atoms with van der Waals surface area (Å²) in [6.07, 6.45) is 3.00. The van der Waals surface area contributed by atoms with E-state index in [-0.39, 0.29) is 0 Å². The van der Waals surface area contributed by atoms with Crippen LogP contribution in [0.2, 0.25) is 0 Å². The van der Waals surface area contributed by atoms with Gasteiger partial charge in [0.2, 0.25) is 0 Å². The highest BCUT2D eigenvalue weighted by molar-refractivity contribution is 5.59. The van der Waals surface area contributed by atoms with Gasteiger partial charge in [0.05, 0.1) is 11.9 Å². The molecule has 1 aromatic carbocycles. The summed E-state index contributed by atoms with van der Waals surface area (Å²) in [5.41, 5.74) is 2.07. The van der Waals surface area contributed by atoms with E-state index < -0.39 is 0 Å². The Kier molecular flexibility index (Phi) is 4.99. The molecule has 2 rings (SSSR count). The van der Waals surface area contributed by atoms with Gasteiger partial charge in [0, 0.05) is 11.7 Å². The summed E-state index contributed by atoms with van der Waals surface area (Å²) in [7, 11) is 0. The summed E-state index contributed by atoms with van der Waals surface area (Å²) >= 11 is 0. The quantitative estimate of drug-likeness (QED) is 0.800. The second kappa shape index (κ2) is 6.94. The highest BCUT2D eigenvalue weighted by Crippen LogP contribution is 2.17. The molecule has 1 heterocycles. The van der Waals surface area contributed by atoms with Crippen LogP contribution in [0.3, 0.4) is 0 Å². The van der Waals surface area contributed by atoms with Crippen molar-refractivity contribution in [2.75, 3.05) is 10.6 Å². The maximum absolute atomic E-state index is 4.45. The number of para-hydroxylation sites is 1. The third kappa shape index (κ3) is 4.57. The van der Waals surface area contributed by atoms with Gasteiger partial charge in [-0.05, 0) is 43.5 Å². The highest BCUT2D eigenvalue weighted by atomic mass is 15.0. The summed E-state index contributed by atoms with van der Waals surface area (Å²) in [4.78, 5) is 4.45. The van der Waals surface area contributed by atoms with Crippen molar-refractivity contribution in [2.24, 2.45) is 5.92 Å². The molecule has 1 atom stereocenters. The molecule has 0 aliphatic heterocycles. The molecule has 1 unspecified atom stereocenters. The number of aromatic nitrogens is 1. The van der Waals surface area contributed by atoms with Crippen LogP contribution >= 0.6 is 0 Å². The van der Waals surface area contributed by atoms with Gasteiger partial charge in [0.15, 0.2) is 0 Å². The molecule has 2 N–H and O–H groups in total. The molecule has 106 valence electrons. The Hall–Kier alpha value is -2.03. The number of nitrogens with zero attached hydrogens (tertiary/aromatic N) is 1. The molecule has 0 saturated carbocycles. The van der Waals surface area contributed by atoms with Gasteiger partial charge in [-0.25, -0.2) is 4.98 Å². The van der Waals surface area contributed by atoms with Gasteiger partial charge in [-0.3, -0.25) is 0 Å². The standard InChI is InChI=1S/C17H23N3/c1-13(2)11-14(3)19-17-10-9-16(12-18-17)20-15-7-5-4-6-8-15/h4-10,12-14,20H,11H2,1-3H3,(H,18,19). The number of anilines is 3. The summed E-state index contributed by atoms with van der Waals surface area (Å²) < 4.78 is 0. The Morgan fingerprint density at radius 2 is 1.70 bits per heavy atom. The minimum atomic E-state index is 0.440. The molecule has 20 heavy (non-hydrogen) atoms. The molecule has 2 aromatic rings. The summed E-state index contributed by atoms with van der Waals surface area (Å²) in [6.45, 7) is 6.66. The third-order valence-electron chi connectivity index (χ3n) is 3.05. The number of pyridine rings is 1. The fourth-order valence-corrected chi connectivity index (χ4v) is 2.26. The lowest BCUT2D eigenvalue weighted by Crippen LogP contribution is -2.18. The predicted octanol–water partition coefficient (Wildman–Crippen LogP) is 4.67. The van der Waals surface area contributed by atoms with Gasteiger partial charge in [0.25, 0.3) is 0 Å². The molecule has 0 aliphatic carbocycles. The minimum absolute atomic E-state index is 0.440. The molecule has 3 nitrogen and oxygen atoms in total. The molecule has 0 spiro atoms. The summed E-state index contributed by atoms with van der Waals surface area (Å²) in [6, 6.07) is 14.6. The van der Waals surface area contributed by atoms with Gasteiger partial charge in [-0.15, -0.1) is 0 Å². The highest BCUT2D eigenvalue weighted by Gasteiger charge is 2.05. The lowest BCUT2D eigenvalue weighted by Gasteiger charge is -2.16. The van der Waals surface area contributed by atoms with Crippen molar-refractivity contribution in [3.05, 3.63) is 48.7 Å². The van der Waals surface area contributed by atoms with Crippen molar-refractivity contribution in [3.63, 3.8) is 0 Å². The van der Waals surface area contributed by atoms with E-state index in [9.17, 15) is 0 Å². The zero-order valence-corrected chi connectivity index (χ0v) is 12.4. The van der Waals surface area contributed by atoms with Crippen molar-refractivity contribution in [2.45, 2.75) is 33.2 Å². The lowest BCUT2D eigenvalue weighted by molar-refractivity contribution is 0.539. The average molecular weight is 269 g/mol. The first-order chi connectivity index (χ1) is 9.63. The SMILES string of the molecule is CC(C)CC(C)Nc1ccc(Nc2ccccc2)cn1. The fourth-order valence-electron chi connectivity index (χ4n) is 2.26. The van der Waals surface area contributed by atoms with Crippen LogP contribution in [0.25, 0.3) is 0 Å². The lowest BCUT2D eigenvalue weighted by atomic mass is 10.1. The Bertz CT molecular complexity index is 506. The van der Waals surface area contributed by atoms with Gasteiger partial charge >= 0.3 is 0 Å². The Morgan fingerprint density at radius 1 is 0.950 bits per heavy atom. The molecule has 0 radical (unpaired) electrons. The maximum atomic E-state index is 4.45. The molecule has 0 saturated heterocycles. The average Bonchev–Trinajstić information content (AvgIpc) is 2.41. The second-order valence-corrected chi connectivity index (χ2v) is 5.60. The van der Waals surface area contributed by atoms with Gasteiger partial charge < -0.3 is 10.6 Å². The van der Waals surface area contributed by atoms with Crippen LogP contribution in [0.15, 0.2) is 48.7 Å². The largest absolute Gasteiger partial charge is 0.368 e. The van der Waals surface area contributed by atoms with E-state index in [1.54, 1.807) is 0 Å². The van der Waals surface area contributed by atoms with E-state index >= 15 is 0 Å². The van der Waals surface area contributed by atoms with E-state index in [1.165, 1.54) is 0 Å². The summed E-state index contributed by atoms with van der Waals surface area (Å²) in [5, 5.41) is 6.75. The van der Waals surface area contributed by atoms with Crippen molar-refractivity contribution >= 4 is 17.2 Å². The van der Waals surface area contributed by atoms with Crippen molar-refractivity contribution in [1.82, 2.24) is 4.98 Å². The zero-order valence-electron chi connectivity index (χ0n) is 12.4. The predicted molar refractivity (Wildman–Crippen MR) is 86.5 cm³/mol. The summed E-state index contributed by atoms with van der Waals surface area (Å²) in [5.74, 6) is 1.62. The fraction of sp³-hybridized carbons (Fsp3) is 0.353. The normalized spacial score (nSPS) is 12.2. The molecule has 0 bridgehead atoms. The number of hydrogen-bond donors (Lipinski definition) is 2. The van der Waals surface area contributed by atoms with Crippen LogP contribution in [0.5, 0.6) is 0 Å². The first kappa shape index (κ1) is 14.4. The van der Waals surface area contributed by atoms with Gasteiger partial charge in [-0.1, -0.05) is 32.0 Å². The van der Waals surface area contributed by atoms with Crippen LogP contribution < -0.4 is 10.6 Å². The molecular weight excluding hydrogens is 246 g/mol. The molecule has 1 aromatic heterocycles. The van der Waals surface area contributed by atoms with Crippen LogP contribution in [0.4, 0.5) is 17.2 Å². The molecule has 3 heteroatoms. The van der Waals surface area contributed by atoms with Gasteiger partial charge in [-0.2, -0.15) is 0 Å². The first-order valence-electron chi connectivity index (χ1n) is 7.18. The van der Waals surface area contributed by atoms with E-state index in [4.69, 9.17) is 0 Å². The number of nitrogens with one attached hydrogen (secondary N) is 2. The third-order valence-corrected chi connectivity index (χ3v) is 3.05. The topological polar surface area (TPSA) is 37.0 Å². The molecule has 0 amide bonds. The minimum Gasteiger partial charge on any atom is -0.368 e. The van der Waals surface area contributed by atoms with E-state index in [0.29, 0.717) is 12.0 Å². The Balaban J connectivity index is 1.93. The zero-order chi connectivity index (χ0) is 14.4. The van der Waals surface area contributed by atoms with Crippen LogP contribution in [-0.4, -0.2) is 11.0 Å². The Morgan fingerprint density at radius 3 is 2.30 bits per heavy atom. The van der Waals surface area contributed by atoms with E-state index in [1.807, 2.05) is 48.7 Å². The smallest absolute Gasteiger partial charge is 0.126 e. The van der Waals surface area contributed by atoms with E-state index in [0.717, 1.165) is 23.6 Å². The van der Waals surface area contributed by atoms with Crippen molar-refractivity contribution in [3.8, 4) is 0 Å². The number of benzene rings is 1. The molecule has 0 aliphatic rings. The molecular formula is C17H23N3. The molecule has 0 fully saturated rings. The number of hydrogen-bond acceptors (Lipinski definition) is 3. The second-order valence-electron chi connectivity index (χ2n) is 5.60. The first-order valence-corrected chi connectivity index (χ1v) is 7.18. The van der Waals surface area contributed by atoms with Crippen LogP contribution in [-0.2, 0) is 0 Å². The number of rotatable bonds is 6.